The molecular weight excluding hydrogens is 529 g/mol. The van der Waals surface area contributed by atoms with Gasteiger partial charge in [0.2, 0.25) is 5.69 Å². The number of aliphatic imine (C=N–C) groups is 1. The lowest BCUT2D eigenvalue weighted by Crippen LogP contribution is -2.30. The van der Waals surface area contributed by atoms with E-state index in [1.807, 2.05) is 40.9 Å². The maximum Gasteiger partial charge on any atom is 0.204 e. The van der Waals surface area contributed by atoms with Crippen LogP contribution < -0.4 is 14.4 Å². The molecule has 0 saturated carbocycles. The molecule has 0 unspecified atom stereocenters. The number of hydrogen-bond donors (Lipinski definition) is 0. The summed E-state index contributed by atoms with van der Waals surface area (Å²) in [6.45, 7) is 2.06. The highest BCUT2D eigenvalue weighted by Gasteiger charge is 2.04. The minimum Gasteiger partial charge on any atom is -0.374 e. The van der Waals surface area contributed by atoms with Crippen molar-refractivity contribution in [2.24, 2.45) is 12.0 Å². The van der Waals surface area contributed by atoms with Gasteiger partial charge in [-0.2, -0.15) is 0 Å². The van der Waals surface area contributed by atoms with E-state index >= 15 is 0 Å². The van der Waals surface area contributed by atoms with Gasteiger partial charge in [-0.05, 0) is 66.6 Å². The van der Waals surface area contributed by atoms with Crippen molar-refractivity contribution in [3.05, 3.63) is 108 Å². The third-order valence-electron chi connectivity index (χ3n) is 6.49. The summed E-state index contributed by atoms with van der Waals surface area (Å²) in [5, 5.41) is 0. The van der Waals surface area contributed by atoms with Gasteiger partial charge in [0.15, 0.2) is 6.20 Å². The van der Waals surface area contributed by atoms with Gasteiger partial charge in [0, 0.05) is 75.3 Å². The van der Waals surface area contributed by atoms with Crippen LogP contribution in [-0.4, -0.2) is 52.0 Å². The summed E-state index contributed by atoms with van der Waals surface area (Å²) >= 11 is 0. The van der Waals surface area contributed by atoms with Crippen molar-refractivity contribution in [3.63, 3.8) is 0 Å². The molecule has 0 bridgehead atoms. The first-order valence-electron chi connectivity index (χ1n) is 13.8. The third-order valence-corrected chi connectivity index (χ3v) is 8.86. The Kier molecular flexibility index (Phi) is 14.2. The molecule has 4 nitrogen and oxygen atoms in total. The first-order chi connectivity index (χ1) is 19.6. The third kappa shape index (κ3) is 11.5. The maximum atomic E-state index is 4.00. The predicted octanol–water partition coefficient (Wildman–Crippen LogP) is 7.69. The summed E-state index contributed by atoms with van der Waals surface area (Å²) in [4.78, 5) is 8.66. The van der Waals surface area contributed by atoms with Gasteiger partial charge >= 0.3 is 0 Å². The van der Waals surface area contributed by atoms with Crippen molar-refractivity contribution < 1.29 is 4.57 Å². The van der Waals surface area contributed by atoms with Crippen LogP contribution in [0.3, 0.4) is 0 Å². The van der Waals surface area contributed by atoms with Gasteiger partial charge in [-0.3, -0.25) is 0 Å². The summed E-state index contributed by atoms with van der Waals surface area (Å²) in [6.07, 6.45) is 18.9. The Balaban J connectivity index is 1.30. The number of benzene rings is 2. The van der Waals surface area contributed by atoms with Gasteiger partial charge in [0.25, 0.3) is 0 Å². The summed E-state index contributed by atoms with van der Waals surface area (Å²) in [5.74, 6) is 2.19. The molecule has 0 aliphatic heterocycles. The number of anilines is 2. The van der Waals surface area contributed by atoms with Crippen molar-refractivity contribution >= 4 is 57.4 Å². The average Bonchev–Trinajstić information content (AvgIpc) is 2.98. The average molecular weight is 572 g/mol. The van der Waals surface area contributed by atoms with Gasteiger partial charge in [-0.15, -0.1) is 0 Å². The van der Waals surface area contributed by atoms with E-state index in [1.54, 1.807) is 0 Å². The molecule has 0 fully saturated rings. The zero-order valence-electron chi connectivity index (χ0n) is 24.3. The molecule has 0 amide bonds. The standard InChI is InChI=1S/C34H43N4S2/c1-35-24-10-7-5-6-8-12-30-14-20-33(21-15-30)37(3)26-28-39-40-29-27-38(4)34-22-17-31(18-23-34)16-19-32-13-9-11-25-36(32)2/h5-6,8-9,11-25H,7,10,26-29H2,1-4H3/q+1/b6-5+,12-8+,35-24+. The van der Waals surface area contributed by atoms with Crippen LogP contribution in [0.5, 0.6) is 0 Å². The number of hydrogen-bond acceptors (Lipinski definition) is 5. The van der Waals surface area contributed by atoms with Crippen LogP contribution in [0.4, 0.5) is 11.4 Å². The van der Waals surface area contributed by atoms with Crippen LogP contribution in [0.1, 0.15) is 29.7 Å². The molecule has 210 valence electrons. The predicted molar refractivity (Wildman–Crippen MR) is 183 cm³/mol. The molecule has 40 heavy (non-hydrogen) atoms. The van der Waals surface area contributed by atoms with Gasteiger partial charge in [-0.1, -0.05) is 70.2 Å². The van der Waals surface area contributed by atoms with Crippen LogP contribution in [0, 0.1) is 0 Å². The van der Waals surface area contributed by atoms with Gasteiger partial charge < -0.3 is 14.8 Å². The fourth-order valence-corrected chi connectivity index (χ4v) is 6.02. The molecule has 0 atom stereocenters. The highest BCUT2D eigenvalue weighted by molar-refractivity contribution is 8.76. The van der Waals surface area contributed by atoms with Crippen molar-refractivity contribution in [2.75, 3.05) is 55.5 Å². The highest BCUT2D eigenvalue weighted by Crippen LogP contribution is 2.23. The van der Waals surface area contributed by atoms with Gasteiger partial charge in [-0.25, -0.2) is 4.57 Å². The fraction of sp³-hybridized carbons (Fsp3) is 0.294. The molecule has 0 radical (unpaired) electrons. The quantitative estimate of drug-likeness (QED) is 0.0578. The summed E-state index contributed by atoms with van der Waals surface area (Å²) in [7, 11) is 12.1. The van der Waals surface area contributed by atoms with Crippen LogP contribution in [0.2, 0.25) is 0 Å². The van der Waals surface area contributed by atoms with E-state index in [1.165, 1.54) is 28.2 Å². The zero-order valence-corrected chi connectivity index (χ0v) is 26.0. The fourth-order valence-electron chi connectivity index (χ4n) is 3.94. The summed E-state index contributed by atoms with van der Waals surface area (Å²) < 4.78 is 2.12. The number of unbranched alkanes of at least 4 members (excludes halogenated alkanes) is 1. The first-order valence-corrected chi connectivity index (χ1v) is 16.3. The number of aryl methyl sites for hydroxylation is 1. The molecule has 0 aliphatic carbocycles. The zero-order chi connectivity index (χ0) is 28.4. The molecule has 1 heterocycles. The Labute approximate surface area is 249 Å². The lowest BCUT2D eigenvalue weighted by molar-refractivity contribution is -0.673. The second-order valence-electron chi connectivity index (χ2n) is 9.55. The molecule has 3 rings (SSSR count). The van der Waals surface area contributed by atoms with E-state index in [0.29, 0.717) is 0 Å². The minimum atomic E-state index is 0.998. The Morgan fingerprint density at radius 1 is 0.725 bits per heavy atom. The van der Waals surface area contributed by atoms with Crippen molar-refractivity contribution in [2.45, 2.75) is 12.8 Å². The number of nitrogens with zero attached hydrogens (tertiary/aromatic N) is 4. The van der Waals surface area contributed by atoms with Crippen molar-refractivity contribution in [1.29, 1.82) is 0 Å². The van der Waals surface area contributed by atoms with Crippen LogP contribution >= 0.6 is 21.6 Å². The van der Waals surface area contributed by atoms with Crippen LogP contribution in [-0.2, 0) is 7.05 Å². The van der Waals surface area contributed by atoms with Crippen molar-refractivity contribution in [1.82, 2.24) is 0 Å². The van der Waals surface area contributed by atoms with Crippen LogP contribution in [0.25, 0.3) is 18.2 Å². The number of pyridine rings is 1. The van der Waals surface area contributed by atoms with E-state index in [9.17, 15) is 0 Å². The number of allylic oxidation sites excluding steroid dienone is 3. The number of aromatic nitrogens is 1. The second-order valence-corrected chi connectivity index (χ2v) is 12.2. The van der Waals surface area contributed by atoms with Gasteiger partial charge in [0.1, 0.15) is 7.05 Å². The maximum absolute atomic E-state index is 4.00. The lowest BCUT2D eigenvalue weighted by Gasteiger charge is -2.20. The molecule has 3 aromatic rings. The molecule has 6 heteroatoms. The monoisotopic (exact) mass is 571 g/mol. The van der Waals surface area contributed by atoms with E-state index < -0.39 is 0 Å². The van der Waals surface area contributed by atoms with Crippen LogP contribution in [0.15, 0.2) is 96.1 Å². The first kappa shape index (κ1) is 31.3. The van der Waals surface area contributed by atoms with Gasteiger partial charge in [0.05, 0.1) is 0 Å². The molecule has 0 N–H and O–H groups in total. The summed E-state index contributed by atoms with van der Waals surface area (Å²) in [5.41, 5.74) is 6.13. The SMILES string of the molecule is C/N=C/CC/C=C/C=C/c1ccc(N(C)CCSSCCN(C)c2ccc(/C=C/c3cccc[n+]3C)cc2)cc1. The molecule has 0 saturated heterocycles. The molecule has 1 aromatic heterocycles. The van der Waals surface area contributed by atoms with E-state index in [2.05, 4.69) is 144 Å². The Morgan fingerprint density at radius 2 is 1.32 bits per heavy atom. The molecule has 0 aliphatic rings. The molecule has 2 aromatic carbocycles. The Hall–Kier alpha value is -3.22. The van der Waals surface area contributed by atoms with E-state index in [4.69, 9.17) is 0 Å². The highest BCUT2D eigenvalue weighted by atomic mass is 33.1. The largest absolute Gasteiger partial charge is 0.374 e. The second kappa shape index (κ2) is 18.2. The Bertz CT molecular complexity index is 1250. The van der Waals surface area contributed by atoms with E-state index in [-0.39, 0.29) is 0 Å². The number of rotatable bonds is 16. The Morgan fingerprint density at radius 3 is 1.90 bits per heavy atom. The normalized spacial score (nSPS) is 11.9. The molecular formula is C34H43N4S2+. The van der Waals surface area contributed by atoms with Crippen molar-refractivity contribution in [3.8, 4) is 0 Å². The van der Waals surface area contributed by atoms with E-state index in [0.717, 1.165) is 37.4 Å². The lowest BCUT2D eigenvalue weighted by atomic mass is 10.1. The molecule has 0 spiro atoms. The minimum absolute atomic E-state index is 0.998. The summed E-state index contributed by atoms with van der Waals surface area (Å²) in [6, 6.07) is 23.8. The smallest absolute Gasteiger partial charge is 0.204 e. The topological polar surface area (TPSA) is 22.7 Å².